The zero-order chi connectivity index (χ0) is 16.4. The number of ether oxygens (including phenoxy) is 1. The molecular weight excluding hydrogens is 336 g/mol. The van der Waals surface area contributed by atoms with E-state index in [-0.39, 0.29) is 18.9 Å². The van der Waals surface area contributed by atoms with Crippen LogP contribution in [0.5, 0.6) is 5.75 Å². The highest BCUT2D eigenvalue weighted by Crippen LogP contribution is 2.23. The third-order valence-electron chi connectivity index (χ3n) is 3.32. The van der Waals surface area contributed by atoms with E-state index in [1.807, 2.05) is 26.0 Å². The third kappa shape index (κ3) is 3.46. The van der Waals surface area contributed by atoms with Gasteiger partial charge < -0.3 is 4.74 Å². The maximum atomic E-state index is 11.9. The standard InChI is InChI=1S/C15H15ClN4O2S/c1-9-10(2)23-15-18-14(19-20(9)15)17-13(21)7-8-22-12-6-4-3-5-11(12)16/h3-6H,7-8H2,1-2H3,(H,17,19,21). The van der Waals surface area contributed by atoms with Crippen LogP contribution < -0.4 is 10.1 Å². The van der Waals surface area contributed by atoms with E-state index in [9.17, 15) is 4.79 Å². The first-order valence-corrected chi connectivity index (χ1v) is 8.24. The Balaban J connectivity index is 1.55. The lowest BCUT2D eigenvalue weighted by Crippen LogP contribution is -2.16. The monoisotopic (exact) mass is 350 g/mol. The maximum absolute atomic E-state index is 11.9. The van der Waals surface area contributed by atoms with Gasteiger partial charge in [0.25, 0.3) is 0 Å². The van der Waals surface area contributed by atoms with E-state index in [1.165, 1.54) is 0 Å². The van der Waals surface area contributed by atoms with E-state index in [0.717, 1.165) is 15.5 Å². The van der Waals surface area contributed by atoms with Gasteiger partial charge in [-0.15, -0.1) is 5.10 Å². The molecule has 0 fully saturated rings. The molecule has 6 nitrogen and oxygen atoms in total. The molecule has 0 saturated heterocycles. The average molecular weight is 351 g/mol. The Bertz CT molecular complexity index is 858. The molecule has 3 rings (SSSR count). The Morgan fingerprint density at radius 1 is 1.39 bits per heavy atom. The van der Waals surface area contributed by atoms with Gasteiger partial charge >= 0.3 is 0 Å². The zero-order valence-corrected chi connectivity index (χ0v) is 14.2. The molecule has 3 aromatic rings. The molecule has 8 heteroatoms. The summed E-state index contributed by atoms with van der Waals surface area (Å²) in [5, 5.41) is 7.48. The van der Waals surface area contributed by atoms with E-state index in [4.69, 9.17) is 16.3 Å². The first-order chi connectivity index (χ1) is 11.0. The molecule has 0 atom stereocenters. The van der Waals surface area contributed by atoms with E-state index >= 15 is 0 Å². The fraction of sp³-hybridized carbons (Fsp3) is 0.267. The predicted molar refractivity (Wildman–Crippen MR) is 90.5 cm³/mol. The number of anilines is 1. The lowest BCUT2D eigenvalue weighted by Gasteiger charge is -2.07. The van der Waals surface area contributed by atoms with Crippen molar-refractivity contribution in [2.24, 2.45) is 0 Å². The lowest BCUT2D eigenvalue weighted by molar-refractivity contribution is -0.116. The van der Waals surface area contributed by atoms with Crippen LogP contribution in [-0.4, -0.2) is 27.1 Å². The quantitative estimate of drug-likeness (QED) is 0.765. The molecule has 0 aliphatic carbocycles. The molecule has 0 bridgehead atoms. The van der Waals surface area contributed by atoms with Crippen molar-refractivity contribution in [3.8, 4) is 5.75 Å². The number of aromatic nitrogens is 3. The number of amides is 1. The number of rotatable bonds is 5. The average Bonchev–Trinajstić information content (AvgIpc) is 3.01. The molecule has 1 N–H and O–H groups in total. The van der Waals surface area contributed by atoms with Crippen molar-refractivity contribution in [1.29, 1.82) is 0 Å². The summed E-state index contributed by atoms with van der Waals surface area (Å²) in [6.07, 6.45) is 0.191. The summed E-state index contributed by atoms with van der Waals surface area (Å²) in [5.41, 5.74) is 1.03. The molecule has 0 aliphatic heterocycles. The summed E-state index contributed by atoms with van der Waals surface area (Å²) < 4.78 is 7.22. The van der Waals surface area contributed by atoms with Crippen LogP contribution in [-0.2, 0) is 4.79 Å². The van der Waals surface area contributed by atoms with E-state index < -0.39 is 0 Å². The van der Waals surface area contributed by atoms with Crippen molar-refractivity contribution in [2.45, 2.75) is 20.3 Å². The van der Waals surface area contributed by atoms with Gasteiger partial charge in [-0.05, 0) is 26.0 Å². The molecule has 0 spiro atoms. The number of hydrogen-bond acceptors (Lipinski definition) is 5. The lowest BCUT2D eigenvalue weighted by atomic mass is 10.3. The highest BCUT2D eigenvalue weighted by Gasteiger charge is 2.12. The normalized spacial score (nSPS) is 10.9. The van der Waals surface area contributed by atoms with Crippen LogP contribution in [0.15, 0.2) is 24.3 Å². The van der Waals surface area contributed by atoms with Gasteiger partial charge in [0.15, 0.2) is 0 Å². The fourth-order valence-corrected chi connectivity index (χ4v) is 3.09. The number of carbonyl (C=O) groups is 1. The number of fused-ring (bicyclic) bond motifs is 1. The van der Waals surface area contributed by atoms with Crippen LogP contribution in [0.3, 0.4) is 0 Å². The number of halogens is 1. The van der Waals surface area contributed by atoms with E-state index in [2.05, 4.69) is 15.4 Å². The van der Waals surface area contributed by atoms with Gasteiger partial charge in [-0.3, -0.25) is 10.1 Å². The first kappa shape index (κ1) is 15.8. The van der Waals surface area contributed by atoms with Crippen molar-refractivity contribution in [2.75, 3.05) is 11.9 Å². The Hall–Kier alpha value is -2.12. The maximum Gasteiger partial charge on any atom is 0.250 e. The van der Waals surface area contributed by atoms with E-state index in [1.54, 1.807) is 28.0 Å². The zero-order valence-electron chi connectivity index (χ0n) is 12.7. The Morgan fingerprint density at radius 3 is 2.91 bits per heavy atom. The van der Waals surface area contributed by atoms with Gasteiger partial charge in [0, 0.05) is 4.88 Å². The van der Waals surface area contributed by atoms with Gasteiger partial charge in [0.2, 0.25) is 16.8 Å². The summed E-state index contributed by atoms with van der Waals surface area (Å²) in [6.45, 7) is 4.22. The van der Waals surface area contributed by atoms with Crippen molar-refractivity contribution >= 4 is 39.8 Å². The van der Waals surface area contributed by atoms with Crippen LogP contribution >= 0.6 is 22.9 Å². The minimum atomic E-state index is -0.204. The highest BCUT2D eigenvalue weighted by atomic mass is 35.5. The molecular formula is C15H15ClN4O2S. The van der Waals surface area contributed by atoms with E-state index in [0.29, 0.717) is 16.7 Å². The topological polar surface area (TPSA) is 68.5 Å². The molecule has 23 heavy (non-hydrogen) atoms. The van der Waals surface area contributed by atoms with Crippen molar-refractivity contribution in [3.05, 3.63) is 39.9 Å². The molecule has 0 aliphatic rings. The minimum Gasteiger partial charge on any atom is -0.491 e. The Kier molecular flexibility index (Phi) is 4.49. The number of nitrogens with zero attached hydrogens (tertiary/aromatic N) is 3. The Morgan fingerprint density at radius 2 is 2.17 bits per heavy atom. The minimum absolute atomic E-state index is 0.191. The molecule has 120 valence electrons. The number of aryl methyl sites for hydroxylation is 2. The molecule has 2 aromatic heterocycles. The number of benzene rings is 1. The van der Waals surface area contributed by atoms with Crippen LogP contribution in [0.25, 0.3) is 4.96 Å². The van der Waals surface area contributed by atoms with Crippen molar-refractivity contribution in [1.82, 2.24) is 14.6 Å². The third-order valence-corrected chi connectivity index (χ3v) is 4.68. The summed E-state index contributed by atoms with van der Waals surface area (Å²) in [5.74, 6) is 0.667. The second kappa shape index (κ2) is 6.55. The van der Waals surface area contributed by atoms with Gasteiger partial charge in [0.1, 0.15) is 5.75 Å². The van der Waals surface area contributed by atoms with Crippen molar-refractivity contribution in [3.63, 3.8) is 0 Å². The summed E-state index contributed by atoms with van der Waals surface area (Å²) in [4.78, 5) is 18.1. The molecule has 2 heterocycles. The largest absolute Gasteiger partial charge is 0.491 e. The van der Waals surface area contributed by atoms with Crippen molar-refractivity contribution < 1.29 is 9.53 Å². The van der Waals surface area contributed by atoms with Crippen LogP contribution in [0.4, 0.5) is 5.95 Å². The molecule has 0 saturated carbocycles. The highest BCUT2D eigenvalue weighted by molar-refractivity contribution is 7.17. The number of para-hydroxylation sites is 1. The smallest absolute Gasteiger partial charge is 0.250 e. The van der Waals surface area contributed by atoms with Gasteiger partial charge in [-0.1, -0.05) is 35.1 Å². The fourth-order valence-electron chi connectivity index (χ4n) is 2.00. The van der Waals surface area contributed by atoms with Crippen LogP contribution in [0.2, 0.25) is 5.02 Å². The summed E-state index contributed by atoms with van der Waals surface area (Å²) >= 11 is 7.52. The molecule has 0 unspecified atom stereocenters. The second-order valence-electron chi connectivity index (χ2n) is 4.95. The van der Waals surface area contributed by atoms with Gasteiger partial charge in [-0.2, -0.15) is 4.98 Å². The number of nitrogens with one attached hydrogen (secondary N) is 1. The second-order valence-corrected chi connectivity index (χ2v) is 6.54. The number of hydrogen-bond donors (Lipinski definition) is 1. The first-order valence-electron chi connectivity index (χ1n) is 7.04. The SMILES string of the molecule is Cc1sc2nc(NC(=O)CCOc3ccccc3Cl)nn2c1C. The summed E-state index contributed by atoms with van der Waals surface area (Å²) in [6, 6.07) is 7.15. The Labute approximate surface area is 142 Å². The molecule has 0 radical (unpaired) electrons. The number of carbonyl (C=O) groups excluding carboxylic acids is 1. The van der Waals surface area contributed by atoms with Crippen LogP contribution in [0, 0.1) is 13.8 Å². The molecule has 1 aromatic carbocycles. The van der Waals surface area contributed by atoms with Crippen LogP contribution in [0.1, 0.15) is 17.0 Å². The van der Waals surface area contributed by atoms with Gasteiger partial charge in [0.05, 0.1) is 23.7 Å². The molecule has 1 amide bonds. The number of thiazole rings is 1. The van der Waals surface area contributed by atoms with Gasteiger partial charge in [-0.25, -0.2) is 4.52 Å². The predicted octanol–water partition coefficient (Wildman–Crippen LogP) is 3.47. The summed E-state index contributed by atoms with van der Waals surface area (Å²) in [7, 11) is 0.